The van der Waals surface area contributed by atoms with Gasteiger partial charge in [-0.1, -0.05) is 0 Å². The van der Waals surface area contributed by atoms with Crippen LogP contribution in [0.2, 0.25) is 0 Å². The van der Waals surface area contributed by atoms with Crippen molar-refractivity contribution in [2.45, 2.75) is 13.0 Å². The van der Waals surface area contributed by atoms with Crippen LogP contribution < -0.4 is 16.1 Å². The highest BCUT2D eigenvalue weighted by molar-refractivity contribution is 6.10. The summed E-state index contributed by atoms with van der Waals surface area (Å²) in [6.45, 7) is 5.20. The molecule has 14 heteroatoms. The maximum atomic E-state index is 14.9. The van der Waals surface area contributed by atoms with Crippen molar-refractivity contribution < 1.29 is 23.5 Å². The molecule has 2 aliphatic heterocycles. The highest BCUT2D eigenvalue weighted by Gasteiger charge is 2.31. The highest BCUT2D eigenvalue weighted by Crippen LogP contribution is 2.24. The number of pyridine rings is 1. The van der Waals surface area contributed by atoms with Crippen molar-refractivity contribution in [2.75, 3.05) is 56.7 Å². The van der Waals surface area contributed by atoms with Crippen molar-refractivity contribution in [3.8, 4) is 0 Å². The second kappa shape index (κ2) is 11.0. The minimum absolute atomic E-state index is 0.0266. The average molecular weight is 538 g/mol. The lowest BCUT2D eigenvalue weighted by Gasteiger charge is -2.34. The van der Waals surface area contributed by atoms with Crippen molar-refractivity contribution in [3.63, 3.8) is 0 Å². The number of benzene rings is 1. The van der Waals surface area contributed by atoms with Crippen LogP contribution in [-0.2, 0) is 9.47 Å². The van der Waals surface area contributed by atoms with Crippen LogP contribution in [0.1, 0.15) is 21.5 Å². The normalized spacial score (nSPS) is 16.5. The SMILES string of the molecule is COC(=O)N1CC(N=NC(=NN)c2cc(NC(=O)c3cnn4cc(N5CCOCC5)ccc34)c(C)cc2F)C1. The molecule has 0 unspecified atom stereocenters. The van der Waals surface area contributed by atoms with E-state index in [0.29, 0.717) is 48.6 Å². The van der Waals surface area contributed by atoms with Gasteiger partial charge in [-0.05, 0) is 36.8 Å². The van der Waals surface area contributed by atoms with Crippen LogP contribution in [0.5, 0.6) is 0 Å². The second-order valence-corrected chi connectivity index (χ2v) is 9.17. The van der Waals surface area contributed by atoms with Gasteiger partial charge in [0, 0.05) is 18.8 Å². The molecule has 4 heterocycles. The van der Waals surface area contributed by atoms with E-state index in [1.165, 1.54) is 30.3 Å². The Morgan fingerprint density at radius 3 is 2.69 bits per heavy atom. The summed E-state index contributed by atoms with van der Waals surface area (Å²) >= 11 is 0. The van der Waals surface area contributed by atoms with Crippen molar-refractivity contribution in [3.05, 3.63) is 59.2 Å². The third-order valence-corrected chi connectivity index (χ3v) is 6.66. The van der Waals surface area contributed by atoms with Crippen molar-refractivity contribution in [2.24, 2.45) is 21.2 Å². The summed E-state index contributed by atoms with van der Waals surface area (Å²) in [5.74, 6) is 4.31. The zero-order valence-electron chi connectivity index (χ0n) is 21.5. The quantitative estimate of drug-likeness (QED) is 0.167. The lowest BCUT2D eigenvalue weighted by Crippen LogP contribution is -2.52. The van der Waals surface area contributed by atoms with E-state index in [2.05, 4.69) is 35.4 Å². The number of anilines is 2. The Labute approximate surface area is 223 Å². The number of hydrogen-bond donors (Lipinski definition) is 2. The van der Waals surface area contributed by atoms with Crippen molar-refractivity contribution in [1.82, 2.24) is 14.5 Å². The van der Waals surface area contributed by atoms with Gasteiger partial charge in [0.25, 0.3) is 5.91 Å². The average Bonchev–Trinajstić information content (AvgIpc) is 3.35. The molecule has 0 atom stereocenters. The molecule has 204 valence electrons. The van der Waals surface area contributed by atoms with Gasteiger partial charge >= 0.3 is 6.09 Å². The molecule has 0 bridgehead atoms. The first kappa shape index (κ1) is 26.0. The number of fused-ring (bicyclic) bond motifs is 1. The lowest BCUT2D eigenvalue weighted by molar-refractivity contribution is 0.0885. The first-order chi connectivity index (χ1) is 18.9. The highest BCUT2D eigenvalue weighted by atomic mass is 19.1. The zero-order valence-corrected chi connectivity index (χ0v) is 21.5. The summed E-state index contributed by atoms with van der Waals surface area (Å²) in [7, 11) is 1.30. The number of carbonyl (C=O) groups excluding carboxylic acids is 2. The molecule has 0 spiro atoms. The molecule has 2 fully saturated rings. The Morgan fingerprint density at radius 1 is 1.21 bits per heavy atom. The fraction of sp³-hybridized carbons (Fsp3) is 0.360. The monoisotopic (exact) mass is 537 g/mol. The number of morpholine rings is 1. The summed E-state index contributed by atoms with van der Waals surface area (Å²) in [5, 5.41) is 18.9. The van der Waals surface area contributed by atoms with Crippen LogP contribution in [-0.4, -0.2) is 84.9 Å². The van der Waals surface area contributed by atoms with Crippen LogP contribution in [0.15, 0.2) is 52.0 Å². The molecule has 2 saturated heterocycles. The van der Waals surface area contributed by atoms with E-state index in [1.54, 1.807) is 11.4 Å². The lowest BCUT2D eigenvalue weighted by atomic mass is 10.1. The number of aromatic nitrogens is 2. The van der Waals surface area contributed by atoms with E-state index in [1.807, 2.05) is 18.3 Å². The predicted molar refractivity (Wildman–Crippen MR) is 141 cm³/mol. The Morgan fingerprint density at radius 2 is 1.97 bits per heavy atom. The topological polar surface area (TPSA) is 152 Å². The molecule has 0 aliphatic carbocycles. The molecule has 3 N–H and O–H groups in total. The molecule has 13 nitrogen and oxygen atoms in total. The first-order valence-corrected chi connectivity index (χ1v) is 12.3. The number of aryl methyl sites for hydroxylation is 1. The van der Waals surface area contributed by atoms with Gasteiger partial charge in [-0.25, -0.2) is 13.7 Å². The van der Waals surface area contributed by atoms with Gasteiger partial charge < -0.3 is 30.4 Å². The Hall–Kier alpha value is -4.59. The molecular weight excluding hydrogens is 509 g/mol. The molecule has 2 aliphatic rings. The van der Waals surface area contributed by atoms with Crippen molar-refractivity contribution in [1.29, 1.82) is 0 Å². The van der Waals surface area contributed by atoms with E-state index in [-0.39, 0.29) is 17.4 Å². The number of rotatable bonds is 5. The molecule has 39 heavy (non-hydrogen) atoms. The van der Waals surface area contributed by atoms with Crippen LogP contribution >= 0.6 is 0 Å². The Bertz CT molecular complexity index is 1460. The number of nitrogens with two attached hydrogens (primary N) is 1. The number of halogens is 1. The van der Waals surface area contributed by atoms with Gasteiger partial charge in [0.1, 0.15) is 11.9 Å². The van der Waals surface area contributed by atoms with Gasteiger partial charge in [0.2, 0.25) is 5.84 Å². The first-order valence-electron chi connectivity index (χ1n) is 12.3. The van der Waals surface area contributed by atoms with Gasteiger partial charge in [-0.2, -0.15) is 15.3 Å². The number of likely N-dealkylation sites (tertiary alicyclic amines) is 1. The van der Waals surface area contributed by atoms with E-state index >= 15 is 0 Å². The summed E-state index contributed by atoms with van der Waals surface area (Å²) in [6.07, 6.45) is 2.91. The fourth-order valence-electron chi connectivity index (χ4n) is 4.42. The zero-order chi connectivity index (χ0) is 27.5. The van der Waals surface area contributed by atoms with Gasteiger partial charge in [0.05, 0.1) is 68.1 Å². The second-order valence-electron chi connectivity index (χ2n) is 9.17. The Kier molecular flexibility index (Phi) is 7.36. The van der Waals surface area contributed by atoms with Gasteiger partial charge in [0.15, 0.2) is 0 Å². The number of amides is 2. The minimum atomic E-state index is -0.620. The number of ether oxygens (including phenoxy) is 2. The van der Waals surface area contributed by atoms with E-state index in [9.17, 15) is 14.0 Å². The Balaban J connectivity index is 1.32. The molecule has 2 amide bonds. The third kappa shape index (κ3) is 5.36. The van der Waals surface area contributed by atoms with Crippen LogP contribution in [0.4, 0.5) is 20.6 Å². The molecule has 3 aromatic rings. The molecule has 0 radical (unpaired) electrons. The van der Waals surface area contributed by atoms with Gasteiger partial charge in [-0.15, -0.1) is 5.11 Å². The van der Waals surface area contributed by atoms with Gasteiger partial charge in [-0.3, -0.25) is 4.79 Å². The number of carbonyl (C=O) groups is 2. The number of nitrogens with zero attached hydrogens (tertiary/aromatic N) is 7. The van der Waals surface area contributed by atoms with Crippen LogP contribution in [0, 0.1) is 12.7 Å². The summed E-state index contributed by atoms with van der Waals surface area (Å²) in [5.41, 5.74) is 2.81. The van der Waals surface area contributed by atoms with Crippen LogP contribution in [0.3, 0.4) is 0 Å². The summed E-state index contributed by atoms with van der Waals surface area (Å²) in [6, 6.07) is 6.18. The number of methoxy groups -OCH3 is 1. The summed E-state index contributed by atoms with van der Waals surface area (Å²) in [4.78, 5) is 28.3. The number of hydrazone groups is 1. The standard InChI is InChI=1S/C25H28FN9O4/c1-15-9-20(26)18(23(30-27)32-31-16-12-34(13-16)25(37)38-2)10-21(15)29-24(36)19-11-28-35-14-17(3-4-22(19)35)33-5-7-39-8-6-33/h3-4,9-11,14,16H,5-8,12-13,27H2,1-2H3,(H,29,36). The van der Waals surface area contributed by atoms with Crippen molar-refractivity contribution >= 4 is 34.7 Å². The maximum absolute atomic E-state index is 14.9. The fourth-order valence-corrected chi connectivity index (χ4v) is 4.42. The smallest absolute Gasteiger partial charge is 0.409 e. The van der Waals surface area contributed by atoms with Crippen LogP contribution in [0.25, 0.3) is 5.52 Å². The minimum Gasteiger partial charge on any atom is -0.453 e. The molecular formula is C25H28FN9O4. The number of amidine groups is 1. The van der Waals surface area contributed by atoms with E-state index < -0.39 is 17.8 Å². The van der Waals surface area contributed by atoms with E-state index in [0.717, 1.165) is 18.8 Å². The number of nitrogens with one attached hydrogen (secondary N) is 1. The molecule has 0 saturated carbocycles. The molecule has 1 aromatic carbocycles. The largest absolute Gasteiger partial charge is 0.453 e. The predicted octanol–water partition coefficient (Wildman–Crippen LogP) is 2.39. The molecule has 2 aromatic heterocycles. The summed E-state index contributed by atoms with van der Waals surface area (Å²) < 4.78 is 26.6. The van der Waals surface area contributed by atoms with E-state index in [4.69, 9.17) is 10.6 Å². The maximum Gasteiger partial charge on any atom is 0.409 e. The number of hydrogen-bond acceptors (Lipinski definition) is 9. The third-order valence-electron chi connectivity index (χ3n) is 6.66. The molecule has 5 rings (SSSR count). The number of azo groups is 1.